The van der Waals surface area contributed by atoms with Gasteiger partial charge in [0.1, 0.15) is 11.5 Å². The number of rotatable bonds is 10. The van der Waals surface area contributed by atoms with Crippen molar-refractivity contribution in [3.8, 4) is 0 Å². The number of carbonyl (C=O) groups is 3. The van der Waals surface area contributed by atoms with Crippen molar-refractivity contribution >= 4 is 17.3 Å². The molecule has 0 saturated heterocycles. The smallest absolute Gasteiger partial charge is 0.838 e. The van der Waals surface area contributed by atoms with Gasteiger partial charge in [0.2, 0.25) is 0 Å². The van der Waals surface area contributed by atoms with Gasteiger partial charge in [-0.15, -0.1) is 0 Å². The Labute approximate surface area is 205 Å². The van der Waals surface area contributed by atoms with Crippen LogP contribution in [0.5, 0.6) is 0 Å². The maximum atomic E-state index is 13.5. The van der Waals surface area contributed by atoms with Gasteiger partial charge in [0, 0.05) is 24.4 Å². The summed E-state index contributed by atoms with van der Waals surface area (Å²) in [7, 11) is 0. The first-order valence-corrected chi connectivity index (χ1v) is 9.67. The molecule has 0 aromatic rings. The summed E-state index contributed by atoms with van der Waals surface area (Å²) >= 11 is 0. The van der Waals surface area contributed by atoms with E-state index in [0.29, 0.717) is 12.8 Å². The third-order valence-corrected chi connectivity index (χ3v) is 4.91. The summed E-state index contributed by atoms with van der Waals surface area (Å²) in [5.41, 5.74) is -2.94. The summed E-state index contributed by atoms with van der Waals surface area (Å²) in [4.78, 5) is 38.0. The summed E-state index contributed by atoms with van der Waals surface area (Å²) in [5, 5.41) is 24.0. The molecule has 0 aromatic carbocycles. The van der Waals surface area contributed by atoms with Crippen LogP contribution in [0.2, 0.25) is 0 Å². The van der Waals surface area contributed by atoms with E-state index < -0.39 is 40.2 Å². The molecule has 1 N–H and O–H groups in total. The molecule has 0 saturated carbocycles. The van der Waals surface area contributed by atoms with Crippen molar-refractivity contribution < 1.29 is 76.0 Å². The fraction of sp³-hybridized carbons (Fsp3) is 0.762. The molecule has 0 fully saturated rings. The van der Waals surface area contributed by atoms with Gasteiger partial charge in [-0.3, -0.25) is 9.59 Å². The third kappa shape index (κ3) is 6.58. The molecule has 0 aromatic heterocycles. The van der Waals surface area contributed by atoms with Crippen molar-refractivity contribution in [1.82, 2.24) is 0 Å². The predicted octanol–water partition coefficient (Wildman–Crippen LogP) is 0.157. The zero-order chi connectivity index (χ0) is 20.2. The van der Waals surface area contributed by atoms with Gasteiger partial charge in [0.25, 0.3) is 0 Å². The fourth-order valence-corrected chi connectivity index (χ4v) is 3.33. The molecule has 0 radical (unpaired) electrons. The average Bonchev–Trinajstić information content (AvgIpc) is 2.69. The van der Waals surface area contributed by atoms with Gasteiger partial charge in [-0.1, -0.05) is 48.0 Å². The van der Waals surface area contributed by atoms with Crippen molar-refractivity contribution in [3.05, 3.63) is 11.3 Å². The summed E-state index contributed by atoms with van der Waals surface area (Å²) in [6.07, 6.45) is 1.36. The monoisotopic (exact) mass is 404 g/mol. The topological polar surface area (TPSA) is 94.5 Å². The van der Waals surface area contributed by atoms with Gasteiger partial charge in [0.05, 0.1) is 5.57 Å². The minimum Gasteiger partial charge on any atom is -0.838 e. The standard InChI is InChI=1S/C21H33O5.K/c1-12(2)7-9-15-19(24)18(16(22)11-14(5)6)20(25)21(15,26)17(23)10-8-13(3)4;/h12-15,25H,7-11H2,1-6H3;/q-1;+1/t15-,21+;/m0./s1. The molecule has 5 nitrogen and oxygen atoms in total. The van der Waals surface area contributed by atoms with Gasteiger partial charge in [-0.2, -0.15) is 0 Å². The van der Waals surface area contributed by atoms with Crippen LogP contribution in [0.25, 0.3) is 0 Å². The second-order valence-electron chi connectivity index (χ2n) is 8.72. The van der Waals surface area contributed by atoms with Crippen LogP contribution in [0.1, 0.15) is 73.6 Å². The number of aliphatic hydroxyl groups excluding tert-OH is 1. The van der Waals surface area contributed by atoms with Crippen molar-refractivity contribution in [2.75, 3.05) is 0 Å². The van der Waals surface area contributed by atoms with Crippen LogP contribution >= 0.6 is 0 Å². The molecule has 0 heterocycles. The van der Waals surface area contributed by atoms with E-state index in [1.165, 1.54) is 0 Å². The Kier molecular flexibility index (Phi) is 11.4. The Morgan fingerprint density at radius 3 is 2.00 bits per heavy atom. The summed E-state index contributed by atoms with van der Waals surface area (Å²) < 4.78 is 0. The number of hydrogen-bond donors (Lipinski definition) is 1. The minimum absolute atomic E-state index is 0. The van der Waals surface area contributed by atoms with E-state index in [9.17, 15) is 24.6 Å². The molecule has 2 atom stereocenters. The number of hydrogen-bond acceptors (Lipinski definition) is 5. The van der Waals surface area contributed by atoms with Crippen molar-refractivity contribution in [1.29, 1.82) is 0 Å². The SMILES string of the molecule is CC(C)CCC(=O)[C@@]1([O-])C(O)=C(C(=O)CC(C)C)C(=O)[C@@H]1CCC(C)C.[K+]. The normalized spacial score (nSPS) is 22.7. The zero-order valence-electron chi connectivity index (χ0n) is 17.9. The van der Waals surface area contributed by atoms with Crippen LogP contribution in [0.3, 0.4) is 0 Å². The maximum Gasteiger partial charge on any atom is 1.00 e. The van der Waals surface area contributed by atoms with E-state index >= 15 is 0 Å². The molecule has 0 unspecified atom stereocenters. The molecular formula is C21H33KO5. The first-order valence-electron chi connectivity index (χ1n) is 9.67. The zero-order valence-corrected chi connectivity index (χ0v) is 21.0. The van der Waals surface area contributed by atoms with Crippen LogP contribution in [-0.2, 0) is 14.4 Å². The van der Waals surface area contributed by atoms with E-state index in [0.717, 1.165) is 0 Å². The average molecular weight is 405 g/mol. The van der Waals surface area contributed by atoms with Gasteiger partial charge in [-0.25, -0.2) is 0 Å². The van der Waals surface area contributed by atoms with E-state index in [-0.39, 0.29) is 88.4 Å². The summed E-state index contributed by atoms with van der Waals surface area (Å²) in [5.74, 6) is -3.43. The molecule has 1 aliphatic carbocycles. The van der Waals surface area contributed by atoms with Gasteiger partial charge >= 0.3 is 51.4 Å². The molecule has 0 spiro atoms. The first kappa shape index (κ1) is 27.1. The van der Waals surface area contributed by atoms with E-state index in [2.05, 4.69) is 0 Å². The van der Waals surface area contributed by atoms with Crippen LogP contribution < -0.4 is 56.5 Å². The second kappa shape index (κ2) is 11.4. The Morgan fingerprint density at radius 1 is 1.04 bits per heavy atom. The summed E-state index contributed by atoms with van der Waals surface area (Å²) in [6.45, 7) is 11.4. The minimum atomic E-state index is -2.51. The third-order valence-electron chi connectivity index (χ3n) is 4.91. The van der Waals surface area contributed by atoms with Gasteiger partial charge < -0.3 is 15.0 Å². The Hall–Kier alpha value is 0.146. The number of aliphatic hydroxyl groups is 1. The molecule has 1 rings (SSSR count). The van der Waals surface area contributed by atoms with E-state index in [1.54, 1.807) is 0 Å². The molecule has 0 aliphatic heterocycles. The van der Waals surface area contributed by atoms with Gasteiger partial charge in [0.15, 0.2) is 11.6 Å². The number of carbonyl (C=O) groups excluding carboxylic acids is 3. The molecule has 27 heavy (non-hydrogen) atoms. The Morgan fingerprint density at radius 2 is 1.56 bits per heavy atom. The van der Waals surface area contributed by atoms with E-state index in [1.807, 2.05) is 41.5 Å². The quantitative estimate of drug-likeness (QED) is 0.413. The van der Waals surface area contributed by atoms with Crippen molar-refractivity contribution in [2.45, 2.75) is 79.2 Å². The molecule has 148 valence electrons. The number of Topliss-reactive ketones (excluding diaryl/α,β-unsaturated/α-hetero) is 3. The van der Waals surface area contributed by atoms with Crippen LogP contribution in [0.4, 0.5) is 0 Å². The molecule has 6 heteroatoms. The fourth-order valence-electron chi connectivity index (χ4n) is 3.33. The molecule has 0 bridgehead atoms. The van der Waals surface area contributed by atoms with Crippen molar-refractivity contribution in [2.24, 2.45) is 23.7 Å². The van der Waals surface area contributed by atoms with Gasteiger partial charge in [-0.05, 0) is 30.6 Å². The largest absolute Gasteiger partial charge is 1.00 e. The Balaban J connectivity index is 0.00000676. The van der Waals surface area contributed by atoms with E-state index in [4.69, 9.17) is 0 Å². The molecule has 0 amide bonds. The Bertz CT molecular complexity index is 591. The van der Waals surface area contributed by atoms with Crippen LogP contribution in [-0.4, -0.2) is 28.1 Å². The first-order chi connectivity index (χ1) is 11.9. The molecule has 1 aliphatic rings. The predicted molar refractivity (Wildman–Crippen MR) is 98.5 cm³/mol. The maximum absolute atomic E-state index is 13.5. The van der Waals surface area contributed by atoms with Crippen LogP contribution in [0.15, 0.2) is 11.3 Å². The number of ketones is 3. The summed E-state index contributed by atoms with van der Waals surface area (Å²) in [6, 6.07) is 0. The van der Waals surface area contributed by atoms with Crippen LogP contribution in [0, 0.1) is 23.7 Å². The molecular weight excluding hydrogens is 371 g/mol. The number of allylic oxidation sites excluding steroid dienone is 1. The second-order valence-corrected chi connectivity index (χ2v) is 8.72. The van der Waals surface area contributed by atoms with Crippen molar-refractivity contribution in [3.63, 3.8) is 0 Å².